The molecule has 1 aromatic rings. The Balaban J connectivity index is 2.79. The van der Waals surface area contributed by atoms with Gasteiger partial charge < -0.3 is 5.32 Å². The molecule has 1 N–H and O–H groups in total. The second kappa shape index (κ2) is 6.49. The molecule has 0 unspecified atom stereocenters. The van der Waals surface area contributed by atoms with Gasteiger partial charge in [-0.3, -0.25) is 4.68 Å². The van der Waals surface area contributed by atoms with Crippen molar-refractivity contribution in [2.45, 2.75) is 44.8 Å². The van der Waals surface area contributed by atoms with Crippen LogP contribution in [0.5, 0.6) is 0 Å². The highest BCUT2D eigenvalue weighted by atomic mass is 32.2. The summed E-state index contributed by atoms with van der Waals surface area (Å²) >= 11 is 1.55. The average molecular weight is 319 g/mol. The first kappa shape index (κ1) is 17.5. The summed E-state index contributed by atoms with van der Waals surface area (Å²) in [4.78, 5) is 0. The molecule has 0 saturated heterocycles. The maximum Gasteiger partial charge on any atom is 0.148 e. The van der Waals surface area contributed by atoms with Crippen LogP contribution in [0.4, 0.5) is 0 Å². The van der Waals surface area contributed by atoms with Gasteiger partial charge in [0.25, 0.3) is 0 Å². The molecule has 0 saturated carbocycles. The Kier molecular flexibility index (Phi) is 5.69. The molecule has 116 valence electrons. The van der Waals surface area contributed by atoms with Crippen molar-refractivity contribution in [3.8, 4) is 0 Å². The molecule has 0 aliphatic rings. The lowest BCUT2D eigenvalue weighted by atomic mass is 10.1. The van der Waals surface area contributed by atoms with Crippen molar-refractivity contribution < 1.29 is 8.42 Å². The lowest BCUT2D eigenvalue weighted by molar-refractivity contribution is 0.421. The van der Waals surface area contributed by atoms with Crippen LogP contribution in [0.15, 0.2) is 5.03 Å². The molecule has 0 aromatic carbocycles. The molecule has 1 heterocycles. The zero-order chi connectivity index (χ0) is 15.6. The van der Waals surface area contributed by atoms with Crippen molar-refractivity contribution in [2.75, 3.05) is 17.8 Å². The van der Waals surface area contributed by atoms with E-state index in [0.717, 1.165) is 22.8 Å². The zero-order valence-electron chi connectivity index (χ0n) is 13.1. The molecule has 20 heavy (non-hydrogen) atoms. The first-order valence-electron chi connectivity index (χ1n) is 6.57. The summed E-state index contributed by atoms with van der Waals surface area (Å²) in [6.07, 6.45) is 1.27. The standard InChI is InChI=1S/C13H25N3O2S2/c1-10-11(9-14-13(2,3)4)12(16(5)15-10)19-7-8-20(6,17)18/h14H,7-9H2,1-6H3. The van der Waals surface area contributed by atoms with E-state index in [9.17, 15) is 8.42 Å². The Hall–Kier alpha value is -0.530. The number of sulfone groups is 1. The van der Waals surface area contributed by atoms with Crippen LogP contribution in [0.25, 0.3) is 0 Å². The van der Waals surface area contributed by atoms with E-state index < -0.39 is 9.84 Å². The van der Waals surface area contributed by atoms with Gasteiger partial charge in [0.05, 0.1) is 16.5 Å². The fourth-order valence-electron chi connectivity index (χ4n) is 1.71. The zero-order valence-corrected chi connectivity index (χ0v) is 14.8. The Bertz CT molecular complexity index is 557. The van der Waals surface area contributed by atoms with Crippen LogP contribution in [0.3, 0.4) is 0 Å². The highest BCUT2D eigenvalue weighted by Gasteiger charge is 2.17. The monoisotopic (exact) mass is 319 g/mol. The third-order valence-electron chi connectivity index (χ3n) is 2.78. The van der Waals surface area contributed by atoms with Gasteiger partial charge in [0.15, 0.2) is 0 Å². The van der Waals surface area contributed by atoms with Crippen LogP contribution in [-0.2, 0) is 23.4 Å². The van der Waals surface area contributed by atoms with E-state index in [2.05, 4.69) is 31.2 Å². The minimum Gasteiger partial charge on any atom is -0.308 e. The SMILES string of the molecule is Cc1nn(C)c(SCCS(C)(=O)=O)c1CNC(C)(C)C. The van der Waals surface area contributed by atoms with Gasteiger partial charge in [0.1, 0.15) is 9.84 Å². The van der Waals surface area contributed by atoms with Gasteiger partial charge in [0, 0.05) is 36.7 Å². The van der Waals surface area contributed by atoms with E-state index in [1.807, 2.05) is 18.7 Å². The number of thioether (sulfide) groups is 1. The minimum absolute atomic E-state index is 0.0387. The Morgan fingerprint density at radius 3 is 2.45 bits per heavy atom. The molecule has 0 aliphatic heterocycles. The number of rotatable bonds is 6. The molecule has 0 atom stereocenters. The summed E-state index contributed by atoms with van der Waals surface area (Å²) in [6, 6.07) is 0. The average Bonchev–Trinajstić information content (AvgIpc) is 2.48. The quantitative estimate of drug-likeness (QED) is 0.809. The van der Waals surface area contributed by atoms with E-state index in [4.69, 9.17) is 0 Å². The number of nitrogens with one attached hydrogen (secondary N) is 1. The van der Waals surface area contributed by atoms with E-state index in [-0.39, 0.29) is 11.3 Å². The first-order chi connectivity index (χ1) is 8.99. The van der Waals surface area contributed by atoms with Crippen molar-refractivity contribution in [2.24, 2.45) is 7.05 Å². The molecule has 5 nitrogen and oxygen atoms in total. The van der Waals surface area contributed by atoms with Crippen molar-refractivity contribution in [3.05, 3.63) is 11.3 Å². The normalized spacial score (nSPS) is 12.9. The maximum atomic E-state index is 11.2. The summed E-state index contributed by atoms with van der Waals surface area (Å²) in [5, 5.41) is 8.93. The van der Waals surface area contributed by atoms with E-state index in [1.54, 1.807) is 11.8 Å². The molecule has 0 spiro atoms. The van der Waals surface area contributed by atoms with E-state index in [1.165, 1.54) is 6.26 Å². The fourth-order valence-corrected chi connectivity index (χ4v) is 4.07. The smallest absolute Gasteiger partial charge is 0.148 e. The summed E-state index contributed by atoms with van der Waals surface area (Å²) in [5.41, 5.74) is 2.18. The molecule has 1 rings (SSSR count). The van der Waals surface area contributed by atoms with Crippen molar-refractivity contribution in [1.29, 1.82) is 0 Å². The number of nitrogens with zero attached hydrogens (tertiary/aromatic N) is 2. The second-order valence-electron chi connectivity index (χ2n) is 6.07. The highest BCUT2D eigenvalue weighted by Crippen LogP contribution is 2.25. The predicted octanol–water partition coefficient (Wildman–Crippen LogP) is 1.75. The molecule has 0 amide bonds. The van der Waals surface area contributed by atoms with Crippen LogP contribution in [0, 0.1) is 6.92 Å². The molecular formula is C13H25N3O2S2. The molecule has 0 fully saturated rings. The summed E-state index contributed by atoms with van der Waals surface area (Å²) < 4.78 is 24.2. The third-order valence-corrected chi connectivity index (χ3v) is 5.17. The van der Waals surface area contributed by atoms with Crippen LogP contribution >= 0.6 is 11.8 Å². The van der Waals surface area contributed by atoms with E-state index >= 15 is 0 Å². The lowest BCUT2D eigenvalue weighted by Gasteiger charge is -2.20. The lowest BCUT2D eigenvalue weighted by Crippen LogP contribution is -2.35. The van der Waals surface area contributed by atoms with Crippen molar-refractivity contribution in [1.82, 2.24) is 15.1 Å². The number of hydrogen-bond acceptors (Lipinski definition) is 5. The van der Waals surface area contributed by atoms with Crippen LogP contribution in [-0.4, -0.2) is 41.5 Å². The maximum absolute atomic E-state index is 11.2. The summed E-state index contributed by atoms with van der Waals surface area (Å²) in [7, 11) is -1.02. The third kappa shape index (κ3) is 5.85. The molecular weight excluding hydrogens is 294 g/mol. The van der Waals surface area contributed by atoms with Gasteiger partial charge in [0.2, 0.25) is 0 Å². The van der Waals surface area contributed by atoms with E-state index in [0.29, 0.717) is 5.75 Å². The molecule has 1 aromatic heterocycles. The second-order valence-corrected chi connectivity index (χ2v) is 9.42. The topological polar surface area (TPSA) is 64.0 Å². The van der Waals surface area contributed by atoms with Gasteiger partial charge in [-0.2, -0.15) is 5.10 Å². The number of aromatic nitrogens is 2. The Morgan fingerprint density at radius 2 is 1.95 bits per heavy atom. The first-order valence-corrected chi connectivity index (χ1v) is 9.62. The van der Waals surface area contributed by atoms with Gasteiger partial charge in [-0.25, -0.2) is 8.42 Å². The Labute approximate surface area is 126 Å². The van der Waals surface area contributed by atoms with Gasteiger partial charge in [-0.05, 0) is 27.7 Å². The van der Waals surface area contributed by atoms with Crippen molar-refractivity contribution >= 4 is 21.6 Å². The summed E-state index contributed by atoms with van der Waals surface area (Å²) in [6.45, 7) is 9.09. The van der Waals surface area contributed by atoms with Crippen LogP contribution < -0.4 is 5.32 Å². The van der Waals surface area contributed by atoms with Crippen LogP contribution in [0.2, 0.25) is 0 Å². The van der Waals surface area contributed by atoms with Gasteiger partial charge in [-0.1, -0.05) is 0 Å². The molecule has 7 heteroatoms. The molecule has 0 bridgehead atoms. The highest BCUT2D eigenvalue weighted by molar-refractivity contribution is 8.00. The molecule has 0 radical (unpaired) electrons. The van der Waals surface area contributed by atoms with Gasteiger partial charge in [-0.15, -0.1) is 11.8 Å². The van der Waals surface area contributed by atoms with Crippen molar-refractivity contribution in [3.63, 3.8) is 0 Å². The number of aryl methyl sites for hydroxylation is 2. The Morgan fingerprint density at radius 1 is 1.35 bits per heavy atom. The number of hydrogen-bond donors (Lipinski definition) is 1. The van der Waals surface area contributed by atoms with Gasteiger partial charge >= 0.3 is 0 Å². The predicted molar refractivity (Wildman–Crippen MR) is 85.0 cm³/mol. The minimum atomic E-state index is -2.91. The largest absolute Gasteiger partial charge is 0.308 e. The fraction of sp³-hybridized carbons (Fsp3) is 0.769. The molecule has 0 aliphatic carbocycles. The summed E-state index contributed by atoms with van der Waals surface area (Å²) in [5.74, 6) is 0.744. The van der Waals surface area contributed by atoms with Crippen LogP contribution in [0.1, 0.15) is 32.0 Å².